The lowest BCUT2D eigenvalue weighted by Crippen LogP contribution is -2.06. The van der Waals surface area contributed by atoms with Crippen molar-refractivity contribution in [2.45, 2.75) is 21.6 Å². The molecule has 0 amide bonds. The molecule has 0 spiro atoms. The van der Waals surface area contributed by atoms with E-state index in [0.717, 1.165) is 20.5 Å². The Hall–Kier alpha value is -1.41. The van der Waals surface area contributed by atoms with Crippen LogP contribution < -0.4 is 0 Å². The van der Waals surface area contributed by atoms with Gasteiger partial charge in [0.25, 0.3) is 0 Å². The van der Waals surface area contributed by atoms with Crippen molar-refractivity contribution < 1.29 is 0 Å². The monoisotopic (exact) mass is 345 g/mol. The van der Waals surface area contributed by atoms with Crippen LogP contribution in [-0.4, -0.2) is 0 Å². The van der Waals surface area contributed by atoms with Crippen molar-refractivity contribution in [1.82, 2.24) is 0 Å². The minimum atomic E-state index is -0.310. The van der Waals surface area contributed by atoms with Crippen LogP contribution >= 0.6 is 23.2 Å². The Morgan fingerprint density at radius 3 is 1.50 bits per heavy atom. The Bertz CT molecular complexity index is 707. The standard InChI is InChI=1S/C19H15Cl2S/c1-14-12-17(20)19(18(21)13-14)22(15-8-4-2-5-9-15)16-10-6-3-7-11-16/h2-13H,1H3/q+1. The zero-order valence-electron chi connectivity index (χ0n) is 12.1. The molecule has 3 rings (SSSR count). The van der Waals surface area contributed by atoms with Crippen LogP contribution in [0.2, 0.25) is 10.0 Å². The SMILES string of the molecule is Cc1cc(Cl)c([S+](c2ccccc2)c2ccccc2)c(Cl)c1. The topological polar surface area (TPSA) is 0 Å². The van der Waals surface area contributed by atoms with E-state index >= 15 is 0 Å². The van der Waals surface area contributed by atoms with Crippen LogP contribution in [0.4, 0.5) is 0 Å². The van der Waals surface area contributed by atoms with Crippen LogP contribution in [0.1, 0.15) is 5.56 Å². The zero-order valence-corrected chi connectivity index (χ0v) is 14.4. The summed E-state index contributed by atoms with van der Waals surface area (Å²) >= 11 is 13.1. The van der Waals surface area contributed by atoms with Gasteiger partial charge in [0.05, 0.1) is 10.0 Å². The molecule has 0 aliphatic rings. The summed E-state index contributed by atoms with van der Waals surface area (Å²) in [6.07, 6.45) is 0. The van der Waals surface area contributed by atoms with Gasteiger partial charge in [0.15, 0.2) is 9.79 Å². The quantitative estimate of drug-likeness (QED) is 0.482. The maximum atomic E-state index is 6.55. The largest absolute Gasteiger partial charge is 0.203 e. The molecule has 0 saturated carbocycles. The van der Waals surface area contributed by atoms with Gasteiger partial charge in [-0.1, -0.05) is 59.6 Å². The molecular weight excluding hydrogens is 331 g/mol. The lowest BCUT2D eigenvalue weighted by molar-refractivity contribution is 1.30. The second-order valence-corrected chi connectivity index (χ2v) is 7.77. The predicted molar refractivity (Wildman–Crippen MR) is 96.2 cm³/mol. The summed E-state index contributed by atoms with van der Waals surface area (Å²) in [7, 11) is -0.310. The van der Waals surface area contributed by atoms with E-state index in [2.05, 4.69) is 24.3 Å². The van der Waals surface area contributed by atoms with Crippen LogP contribution in [0, 0.1) is 6.92 Å². The molecule has 0 saturated heterocycles. The molecule has 0 aliphatic carbocycles. The van der Waals surface area contributed by atoms with Gasteiger partial charge in [0, 0.05) is 0 Å². The van der Waals surface area contributed by atoms with Gasteiger partial charge >= 0.3 is 0 Å². The highest BCUT2D eigenvalue weighted by Crippen LogP contribution is 2.40. The van der Waals surface area contributed by atoms with E-state index in [-0.39, 0.29) is 10.9 Å². The maximum absolute atomic E-state index is 6.55. The summed E-state index contributed by atoms with van der Waals surface area (Å²) in [4.78, 5) is 3.41. The number of benzene rings is 3. The third-order valence-corrected chi connectivity index (χ3v) is 6.46. The number of hydrogen-bond donors (Lipinski definition) is 0. The number of aryl methyl sites for hydroxylation is 1. The molecule has 0 bridgehead atoms. The van der Waals surface area contributed by atoms with Gasteiger partial charge in [0.1, 0.15) is 10.9 Å². The van der Waals surface area contributed by atoms with E-state index in [1.807, 2.05) is 55.5 Å². The normalized spacial score (nSPS) is 10.9. The second-order valence-electron chi connectivity index (χ2n) is 4.99. The van der Waals surface area contributed by atoms with Gasteiger partial charge in [-0.05, 0) is 48.9 Å². The van der Waals surface area contributed by atoms with Crippen molar-refractivity contribution in [2.75, 3.05) is 0 Å². The molecule has 0 nitrogen and oxygen atoms in total. The Morgan fingerprint density at radius 1 is 0.682 bits per heavy atom. The fraction of sp³-hybridized carbons (Fsp3) is 0.0526. The van der Waals surface area contributed by atoms with Crippen molar-refractivity contribution >= 4 is 34.1 Å². The predicted octanol–water partition coefficient (Wildman–Crippen LogP) is 6.40. The number of rotatable bonds is 3. The molecular formula is C19H15Cl2S+. The van der Waals surface area contributed by atoms with E-state index in [4.69, 9.17) is 23.2 Å². The highest BCUT2D eigenvalue weighted by atomic mass is 35.5. The highest BCUT2D eigenvalue weighted by Gasteiger charge is 2.33. The van der Waals surface area contributed by atoms with Crippen LogP contribution in [0.5, 0.6) is 0 Å². The van der Waals surface area contributed by atoms with Crippen LogP contribution in [-0.2, 0) is 10.9 Å². The highest BCUT2D eigenvalue weighted by molar-refractivity contribution is 7.97. The molecule has 3 aromatic rings. The lowest BCUT2D eigenvalue weighted by atomic mass is 10.2. The molecule has 0 radical (unpaired) electrons. The maximum Gasteiger partial charge on any atom is 0.203 e. The molecule has 3 heteroatoms. The van der Waals surface area contributed by atoms with Crippen LogP contribution in [0.25, 0.3) is 0 Å². The average Bonchev–Trinajstić information content (AvgIpc) is 2.52. The Kier molecular flexibility index (Phi) is 4.77. The molecule has 3 aromatic carbocycles. The molecule has 110 valence electrons. The first-order valence-electron chi connectivity index (χ1n) is 6.97. The average molecular weight is 346 g/mol. The molecule has 0 unspecified atom stereocenters. The summed E-state index contributed by atoms with van der Waals surface area (Å²) in [6, 6.07) is 24.7. The van der Waals surface area contributed by atoms with Crippen molar-refractivity contribution in [3.05, 3.63) is 88.4 Å². The number of halogens is 2. The first-order chi connectivity index (χ1) is 10.7. The molecule has 0 aliphatic heterocycles. The van der Waals surface area contributed by atoms with E-state index in [9.17, 15) is 0 Å². The number of hydrogen-bond acceptors (Lipinski definition) is 0. The summed E-state index contributed by atoms with van der Waals surface area (Å²) < 4.78 is 0. The van der Waals surface area contributed by atoms with Gasteiger partial charge in [0.2, 0.25) is 4.90 Å². The fourth-order valence-corrected chi connectivity index (χ4v) is 5.54. The van der Waals surface area contributed by atoms with Crippen molar-refractivity contribution in [3.63, 3.8) is 0 Å². The van der Waals surface area contributed by atoms with E-state index in [1.54, 1.807) is 0 Å². The van der Waals surface area contributed by atoms with Crippen molar-refractivity contribution in [1.29, 1.82) is 0 Å². The van der Waals surface area contributed by atoms with Crippen molar-refractivity contribution in [3.8, 4) is 0 Å². The molecule has 0 aromatic heterocycles. The van der Waals surface area contributed by atoms with Crippen LogP contribution in [0.15, 0.2) is 87.5 Å². The lowest BCUT2D eigenvalue weighted by Gasteiger charge is -2.11. The Balaban J connectivity index is 2.24. The van der Waals surface area contributed by atoms with Crippen molar-refractivity contribution in [2.24, 2.45) is 0 Å². The van der Waals surface area contributed by atoms with E-state index in [0.29, 0.717) is 0 Å². The van der Waals surface area contributed by atoms with Gasteiger partial charge in [-0.15, -0.1) is 0 Å². The minimum absolute atomic E-state index is 0.310. The molecule has 0 atom stereocenters. The first-order valence-corrected chi connectivity index (χ1v) is 8.95. The second kappa shape index (κ2) is 6.78. The van der Waals surface area contributed by atoms with Gasteiger partial charge in [-0.3, -0.25) is 0 Å². The van der Waals surface area contributed by atoms with Gasteiger partial charge in [-0.2, -0.15) is 0 Å². The summed E-state index contributed by atoms with van der Waals surface area (Å²) in [5.41, 5.74) is 1.07. The van der Waals surface area contributed by atoms with Gasteiger partial charge in [-0.25, -0.2) is 0 Å². The smallest absolute Gasteiger partial charge is 0.0787 e. The zero-order chi connectivity index (χ0) is 15.5. The van der Waals surface area contributed by atoms with E-state index < -0.39 is 0 Å². The Morgan fingerprint density at radius 2 is 1.09 bits per heavy atom. The summed E-state index contributed by atoms with van der Waals surface area (Å²) in [5, 5.41) is 1.45. The summed E-state index contributed by atoms with van der Waals surface area (Å²) in [6.45, 7) is 2.00. The molecule has 0 N–H and O–H groups in total. The third kappa shape index (κ3) is 3.17. The van der Waals surface area contributed by atoms with Crippen LogP contribution in [0.3, 0.4) is 0 Å². The Labute approximate surface area is 144 Å². The molecule has 0 heterocycles. The third-order valence-electron chi connectivity index (χ3n) is 3.30. The van der Waals surface area contributed by atoms with E-state index in [1.165, 1.54) is 9.79 Å². The van der Waals surface area contributed by atoms with Gasteiger partial charge < -0.3 is 0 Å². The summed E-state index contributed by atoms with van der Waals surface area (Å²) in [5.74, 6) is 0. The molecule has 0 fully saturated rings. The molecule has 22 heavy (non-hydrogen) atoms. The fourth-order valence-electron chi connectivity index (χ4n) is 2.37. The minimum Gasteiger partial charge on any atom is -0.0787 e. The first kappa shape index (κ1) is 15.5.